The van der Waals surface area contributed by atoms with Gasteiger partial charge in [0.25, 0.3) is 5.91 Å². The Morgan fingerprint density at radius 2 is 1.70 bits per heavy atom. The third-order valence-electron chi connectivity index (χ3n) is 4.44. The third-order valence-corrected chi connectivity index (χ3v) is 4.44. The van der Waals surface area contributed by atoms with Crippen LogP contribution in [0.4, 0.5) is 10.5 Å². The normalized spacial score (nSPS) is 21.1. The van der Waals surface area contributed by atoms with E-state index in [-0.39, 0.29) is 11.9 Å². The Hall–Kier alpha value is -1.84. The third kappa shape index (κ3) is 1.90. The van der Waals surface area contributed by atoms with Crippen molar-refractivity contribution in [1.82, 2.24) is 5.32 Å². The Kier molecular flexibility index (Phi) is 3.04. The highest BCUT2D eigenvalue weighted by Gasteiger charge is 2.52. The van der Waals surface area contributed by atoms with Gasteiger partial charge in [-0.15, -0.1) is 0 Å². The van der Waals surface area contributed by atoms with Crippen molar-refractivity contribution in [3.8, 4) is 0 Å². The standard InChI is InChI=1S/C16H20N2O2/c1-11(2)12-5-7-13(8-6-12)18-14(19)16(17-15(18)20)9-3-4-10-16/h5-8,11H,3-4,9-10H2,1-2H3,(H,17,20). The molecule has 1 spiro atoms. The van der Waals surface area contributed by atoms with Crippen molar-refractivity contribution in [2.75, 3.05) is 4.90 Å². The van der Waals surface area contributed by atoms with Gasteiger partial charge in [0.05, 0.1) is 5.69 Å². The molecule has 2 aliphatic rings. The van der Waals surface area contributed by atoms with Gasteiger partial charge >= 0.3 is 6.03 Å². The van der Waals surface area contributed by atoms with Crippen LogP contribution >= 0.6 is 0 Å². The predicted octanol–water partition coefficient (Wildman–Crippen LogP) is 3.18. The molecule has 1 aromatic carbocycles. The smallest absolute Gasteiger partial charge is 0.323 e. The van der Waals surface area contributed by atoms with Gasteiger partial charge in [0.15, 0.2) is 0 Å². The molecule has 20 heavy (non-hydrogen) atoms. The van der Waals surface area contributed by atoms with Crippen LogP contribution < -0.4 is 10.2 Å². The summed E-state index contributed by atoms with van der Waals surface area (Å²) in [7, 11) is 0. The van der Waals surface area contributed by atoms with E-state index in [4.69, 9.17) is 0 Å². The van der Waals surface area contributed by atoms with E-state index >= 15 is 0 Å². The van der Waals surface area contributed by atoms with Gasteiger partial charge in [-0.25, -0.2) is 9.69 Å². The lowest BCUT2D eigenvalue weighted by Crippen LogP contribution is -2.44. The lowest BCUT2D eigenvalue weighted by atomic mass is 9.97. The molecule has 0 atom stereocenters. The summed E-state index contributed by atoms with van der Waals surface area (Å²) in [5.74, 6) is 0.352. The minimum atomic E-state index is -0.631. The molecule has 3 rings (SSSR count). The van der Waals surface area contributed by atoms with E-state index in [1.807, 2.05) is 24.3 Å². The summed E-state index contributed by atoms with van der Waals surface area (Å²) >= 11 is 0. The van der Waals surface area contributed by atoms with Crippen LogP contribution in [0.25, 0.3) is 0 Å². The van der Waals surface area contributed by atoms with E-state index in [0.29, 0.717) is 11.6 Å². The molecule has 0 bridgehead atoms. The van der Waals surface area contributed by atoms with Crippen molar-refractivity contribution in [2.45, 2.75) is 51.0 Å². The van der Waals surface area contributed by atoms with E-state index in [1.54, 1.807) is 0 Å². The second-order valence-electron chi connectivity index (χ2n) is 6.11. The minimum absolute atomic E-state index is 0.0858. The molecule has 0 aromatic heterocycles. The van der Waals surface area contributed by atoms with E-state index in [1.165, 1.54) is 10.5 Å². The maximum Gasteiger partial charge on any atom is 0.329 e. The van der Waals surface area contributed by atoms with Crippen LogP contribution in [0.5, 0.6) is 0 Å². The highest BCUT2D eigenvalue weighted by atomic mass is 16.2. The molecule has 1 aliphatic carbocycles. The number of rotatable bonds is 2. The van der Waals surface area contributed by atoms with E-state index in [2.05, 4.69) is 19.2 Å². The fourth-order valence-corrected chi connectivity index (χ4v) is 3.18. The van der Waals surface area contributed by atoms with Gasteiger partial charge in [-0.1, -0.05) is 38.8 Å². The van der Waals surface area contributed by atoms with Gasteiger partial charge in [0.2, 0.25) is 0 Å². The molecule has 4 nitrogen and oxygen atoms in total. The largest absolute Gasteiger partial charge is 0.329 e. The molecule has 106 valence electrons. The zero-order valence-corrected chi connectivity index (χ0v) is 12.0. The number of nitrogens with zero attached hydrogens (tertiary/aromatic N) is 1. The van der Waals surface area contributed by atoms with Crippen molar-refractivity contribution in [3.63, 3.8) is 0 Å². The number of benzene rings is 1. The number of hydrogen-bond donors (Lipinski definition) is 1. The molecule has 2 fully saturated rings. The Morgan fingerprint density at radius 3 is 2.25 bits per heavy atom. The highest BCUT2D eigenvalue weighted by molar-refractivity contribution is 6.23. The molecule has 4 heteroatoms. The fourth-order valence-electron chi connectivity index (χ4n) is 3.18. The first kappa shape index (κ1) is 13.2. The van der Waals surface area contributed by atoms with Gasteiger partial charge in [-0.3, -0.25) is 4.79 Å². The molecule has 1 saturated carbocycles. The Morgan fingerprint density at radius 1 is 1.10 bits per heavy atom. The van der Waals surface area contributed by atoms with E-state index in [9.17, 15) is 9.59 Å². The quantitative estimate of drug-likeness (QED) is 0.841. The molecule has 1 aromatic rings. The summed E-state index contributed by atoms with van der Waals surface area (Å²) < 4.78 is 0. The van der Waals surface area contributed by atoms with Crippen LogP contribution in [0.2, 0.25) is 0 Å². The van der Waals surface area contributed by atoms with Gasteiger partial charge in [-0.05, 0) is 36.5 Å². The molecule has 1 heterocycles. The maximum atomic E-state index is 12.6. The topological polar surface area (TPSA) is 49.4 Å². The van der Waals surface area contributed by atoms with Gasteiger partial charge in [-0.2, -0.15) is 0 Å². The minimum Gasteiger partial charge on any atom is -0.323 e. The number of imide groups is 1. The maximum absolute atomic E-state index is 12.6. The van der Waals surface area contributed by atoms with Crippen LogP contribution in [0.1, 0.15) is 51.0 Å². The zero-order valence-electron chi connectivity index (χ0n) is 12.0. The second kappa shape index (κ2) is 4.62. The van der Waals surface area contributed by atoms with Gasteiger partial charge in [0.1, 0.15) is 5.54 Å². The summed E-state index contributed by atoms with van der Waals surface area (Å²) in [6.07, 6.45) is 3.54. The van der Waals surface area contributed by atoms with Gasteiger partial charge < -0.3 is 5.32 Å². The SMILES string of the molecule is CC(C)c1ccc(N2C(=O)NC3(CCCC3)C2=O)cc1. The van der Waals surface area contributed by atoms with Crippen LogP contribution in [-0.4, -0.2) is 17.5 Å². The second-order valence-corrected chi connectivity index (χ2v) is 6.11. The van der Waals surface area contributed by atoms with Crippen molar-refractivity contribution >= 4 is 17.6 Å². The summed E-state index contributed by atoms with van der Waals surface area (Å²) in [6, 6.07) is 7.41. The molecule has 3 amide bonds. The van der Waals surface area contributed by atoms with Crippen LogP contribution in [0, 0.1) is 0 Å². The average molecular weight is 272 g/mol. The highest BCUT2D eigenvalue weighted by Crippen LogP contribution is 2.37. The number of carbonyl (C=O) groups excluding carboxylic acids is 2. The predicted molar refractivity (Wildman–Crippen MR) is 77.7 cm³/mol. The molecule has 1 N–H and O–H groups in total. The fraction of sp³-hybridized carbons (Fsp3) is 0.500. The molecule has 0 radical (unpaired) electrons. The Balaban J connectivity index is 1.90. The first-order valence-electron chi connectivity index (χ1n) is 7.30. The number of nitrogens with one attached hydrogen (secondary N) is 1. The van der Waals surface area contributed by atoms with Crippen molar-refractivity contribution in [2.24, 2.45) is 0 Å². The van der Waals surface area contributed by atoms with Crippen LogP contribution in [0.15, 0.2) is 24.3 Å². The van der Waals surface area contributed by atoms with Crippen molar-refractivity contribution < 1.29 is 9.59 Å². The van der Waals surface area contributed by atoms with Gasteiger partial charge in [0, 0.05) is 0 Å². The van der Waals surface area contributed by atoms with Crippen molar-refractivity contribution in [1.29, 1.82) is 0 Å². The molecule has 1 saturated heterocycles. The monoisotopic (exact) mass is 272 g/mol. The van der Waals surface area contributed by atoms with E-state index in [0.717, 1.165) is 25.7 Å². The zero-order chi connectivity index (χ0) is 14.3. The lowest BCUT2D eigenvalue weighted by Gasteiger charge is -2.20. The van der Waals surface area contributed by atoms with Crippen LogP contribution in [-0.2, 0) is 4.79 Å². The molecule has 0 unspecified atom stereocenters. The molecular weight excluding hydrogens is 252 g/mol. The number of hydrogen-bond acceptors (Lipinski definition) is 2. The Labute approximate surface area is 119 Å². The van der Waals surface area contributed by atoms with Crippen LogP contribution in [0.3, 0.4) is 0 Å². The van der Waals surface area contributed by atoms with Crippen molar-refractivity contribution in [3.05, 3.63) is 29.8 Å². The molecular formula is C16H20N2O2. The van der Waals surface area contributed by atoms with E-state index < -0.39 is 5.54 Å². The summed E-state index contributed by atoms with van der Waals surface area (Å²) in [5.41, 5.74) is 1.24. The molecule has 1 aliphatic heterocycles. The number of urea groups is 1. The summed E-state index contributed by atoms with van der Waals surface area (Å²) in [5, 5.41) is 2.90. The number of carbonyl (C=O) groups is 2. The lowest BCUT2D eigenvalue weighted by molar-refractivity contribution is -0.121. The first-order chi connectivity index (χ1) is 9.53. The first-order valence-corrected chi connectivity index (χ1v) is 7.30. The Bertz CT molecular complexity index is 542. The number of anilines is 1. The summed E-state index contributed by atoms with van der Waals surface area (Å²) in [4.78, 5) is 26.1. The average Bonchev–Trinajstić information content (AvgIpc) is 2.97. The summed E-state index contributed by atoms with van der Waals surface area (Å²) in [6.45, 7) is 4.24. The number of amides is 3.